The van der Waals surface area contributed by atoms with Crippen LogP contribution in [0.15, 0.2) is 67.3 Å². The Balaban J connectivity index is 1.38. The number of hydrogen-bond donors (Lipinski definition) is 0. The molecule has 6 nitrogen and oxygen atoms in total. The van der Waals surface area contributed by atoms with Crippen molar-refractivity contribution < 1.29 is 4.79 Å². The molecule has 0 radical (unpaired) electrons. The highest BCUT2D eigenvalue weighted by Gasteiger charge is 2.62. The van der Waals surface area contributed by atoms with E-state index in [-0.39, 0.29) is 17.4 Å². The summed E-state index contributed by atoms with van der Waals surface area (Å²) in [7, 11) is 2.30. The Kier molecular flexibility index (Phi) is 4.87. The summed E-state index contributed by atoms with van der Waals surface area (Å²) in [5.74, 6) is 0.165. The van der Waals surface area contributed by atoms with Gasteiger partial charge in [0.05, 0.1) is 0 Å². The SMILES string of the molecule is CN1[C@H](Cc2ccccc2)[C@@H]2C[C@@]3(C)[C@H](CCC[C@@H]13)N2C(=O)c1cccc(-n2cnnc2)c1. The zero-order valence-corrected chi connectivity index (χ0v) is 19.3. The van der Waals surface area contributed by atoms with Crippen LogP contribution in [0.25, 0.3) is 5.69 Å². The molecular formula is C27H31N5O. The predicted octanol–water partition coefficient (Wildman–Crippen LogP) is 3.97. The van der Waals surface area contributed by atoms with Crippen molar-refractivity contribution in [3.63, 3.8) is 0 Å². The third kappa shape index (κ3) is 3.22. The molecule has 2 aromatic carbocycles. The van der Waals surface area contributed by atoms with E-state index in [4.69, 9.17) is 0 Å². The second-order valence-corrected chi connectivity index (χ2v) is 10.3. The van der Waals surface area contributed by atoms with Gasteiger partial charge in [0.1, 0.15) is 12.7 Å². The van der Waals surface area contributed by atoms with Gasteiger partial charge in [0.2, 0.25) is 0 Å². The number of nitrogens with zero attached hydrogens (tertiary/aromatic N) is 5. The quantitative estimate of drug-likeness (QED) is 0.615. The van der Waals surface area contributed by atoms with Crippen LogP contribution in [0.1, 0.15) is 48.5 Å². The molecule has 3 aromatic rings. The number of hydrogen-bond acceptors (Lipinski definition) is 4. The molecule has 170 valence electrons. The maximum atomic E-state index is 14.1. The number of carbonyl (C=O) groups excluding carboxylic acids is 1. The van der Waals surface area contributed by atoms with E-state index in [1.165, 1.54) is 18.4 Å². The first-order chi connectivity index (χ1) is 16.1. The van der Waals surface area contributed by atoms with Crippen LogP contribution in [0.2, 0.25) is 0 Å². The van der Waals surface area contributed by atoms with E-state index >= 15 is 0 Å². The average Bonchev–Trinajstić information content (AvgIpc) is 3.47. The molecule has 1 saturated carbocycles. The van der Waals surface area contributed by atoms with E-state index in [1.807, 2.05) is 28.8 Å². The molecule has 0 N–H and O–H groups in total. The fourth-order valence-corrected chi connectivity index (χ4v) is 7.10. The van der Waals surface area contributed by atoms with Crippen molar-refractivity contribution in [3.05, 3.63) is 78.4 Å². The summed E-state index contributed by atoms with van der Waals surface area (Å²) in [5.41, 5.74) is 3.17. The first-order valence-electron chi connectivity index (χ1n) is 12.1. The van der Waals surface area contributed by atoms with E-state index in [0.29, 0.717) is 18.1 Å². The van der Waals surface area contributed by atoms with Crippen LogP contribution in [0.5, 0.6) is 0 Å². The molecule has 2 saturated heterocycles. The third-order valence-corrected chi connectivity index (χ3v) is 8.61. The van der Waals surface area contributed by atoms with Crippen molar-refractivity contribution in [1.29, 1.82) is 0 Å². The fraction of sp³-hybridized carbons (Fsp3) is 0.444. The molecule has 2 bridgehead atoms. The average molecular weight is 442 g/mol. The van der Waals surface area contributed by atoms with Crippen LogP contribution in [0.3, 0.4) is 0 Å². The normalized spacial score (nSPS) is 31.0. The molecule has 2 aliphatic heterocycles. The molecule has 5 atom stereocenters. The summed E-state index contributed by atoms with van der Waals surface area (Å²) in [6, 6.07) is 20.0. The summed E-state index contributed by atoms with van der Waals surface area (Å²) in [5, 5.41) is 7.83. The molecule has 33 heavy (non-hydrogen) atoms. The van der Waals surface area contributed by atoms with Crippen LogP contribution in [0.4, 0.5) is 0 Å². The summed E-state index contributed by atoms with van der Waals surface area (Å²) >= 11 is 0. The molecule has 1 aliphatic carbocycles. The molecule has 3 fully saturated rings. The number of rotatable bonds is 4. The third-order valence-electron chi connectivity index (χ3n) is 8.61. The van der Waals surface area contributed by atoms with Gasteiger partial charge in [-0.25, -0.2) is 0 Å². The van der Waals surface area contributed by atoms with Gasteiger partial charge in [-0.15, -0.1) is 10.2 Å². The molecule has 0 unspecified atom stereocenters. The van der Waals surface area contributed by atoms with Crippen molar-refractivity contribution in [2.75, 3.05) is 7.05 Å². The number of aromatic nitrogens is 3. The number of carbonyl (C=O) groups is 1. The van der Waals surface area contributed by atoms with Gasteiger partial charge in [0, 0.05) is 40.8 Å². The van der Waals surface area contributed by atoms with Crippen molar-refractivity contribution in [1.82, 2.24) is 24.6 Å². The first kappa shape index (κ1) is 20.6. The number of likely N-dealkylation sites (N-methyl/N-ethyl adjacent to an activating group) is 1. The summed E-state index contributed by atoms with van der Waals surface area (Å²) in [4.78, 5) is 19.0. The highest BCUT2D eigenvalue weighted by atomic mass is 16.2. The van der Waals surface area contributed by atoms with Crippen molar-refractivity contribution in [3.8, 4) is 5.69 Å². The lowest BCUT2D eigenvalue weighted by Gasteiger charge is -2.51. The van der Waals surface area contributed by atoms with Gasteiger partial charge < -0.3 is 4.90 Å². The van der Waals surface area contributed by atoms with E-state index in [1.54, 1.807) is 12.7 Å². The fourth-order valence-electron chi connectivity index (χ4n) is 7.10. The highest BCUT2D eigenvalue weighted by molar-refractivity contribution is 5.95. The zero-order valence-electron chi connectivity index (χ0n) is 19.3. The van der Waals surface area contributed by atoms with Gasteiger partial charge in [-0.1, -0.05) is 43.3 Å². The molecule has 1 amide bonds. The van der Waals surface area contributed by atoms with Gasteiger partial charge in [0.15, 0.2) is 0 Å². The van der Waals surface area contributed by atoms with Crippen molar-refractivity contribution in [2.45, 2.75) is 63.2 Å². The molecule has 0 spiro atoms. The Morgan fingerprint density at radius 1 is 1.03 bits per heavy atom. The van der Waals surface area contributed by atoms with Crippen LogP contribution in [-0.2, 0) is 6.42 Å². The number of amides is 1. The second kappa shape index (κ2) is 7.80. The molecule has 1 aromatic heterocycles. The minimum Gasteiger partial charge on any atom is -0.330 e. The lowest BCUT2D eigenvalue weighted by molar-refractivity contribution is -0.00397. The smallest absolute Gasteiger partial charge is 0.254 e. The standard InChI is InChI=1S/C27H31N5O/c1-27-16-23-22(14-19-8-4-3-5-9-19)30(2)24(27)12-7-13-25(27)32(23)26(33)20-10-6-11-21(15-20)31-17-28-29-18-31/h3-6,8-11,15,17-18,22-25H,7,12-14,16H2,1-2H3/t22-,23+,24-,25+,27-/m1/s1. The largest absolute Gasteiger partial charge is 0.330 e. The number of piperidine rings is 1. The Morgan fingerprint density at radius 2 is 1.79 bits per heavy atom. The molecule has 3 heterocycles. The van der Waals surface area contributed by atoms with Gasteiger partial charge in [-0.2, -0.15) is 0 Å². The van der Waals surface area contributed by atoms with Crippen LogP contribution in [-0.4, -0.2) is 61.7 Å². The monoisotopic (exact) mass is 441 g/mol. The van der Waals surface area contributed by atoms with E-state index in [0.717, 1.165) is 30.5 Å². The summed E-state index contributed by atoms with van der Waals surface area (Å²) in [6.45, 7) is 2.44. The van der Waals surface area contributed by atoms with Gasteiger partial charge in [-0.05, 0) is 62.9 Å². The lowest BCUT2D eigenvalue weighted by atomic mass is 9.64. The predicted molar refractivity (Wildman–Crippen MR) is 127 cm³/mol. The number of fused-ring (bicyclic) bond motifs is 1. The lowest BCUT2D eigenvalue weighted by Crippen LogP contribution is -2.59. The van der Waals surface area contributed by atoms with Crippen LogP contribution < -0.4 is 0 Å². The number of benzene rings is 2. The van der Waals surface area contributed by atoms with Gasteiger partial charge in [-0.3, -0.25) is 14.3 Å². The maximum absolute atomic E-state index is 14.1. The van der Waals surface area contributed by atoms with Gasteiger partial charge in [0.25, 0.3) is 5.91 Å². The van der Waals surface area contributed by atoms with Gasteiger partial charge >= 0.3 is 0 Å². The Morgan fingerprint density at radius 3 is 2.58 bits per heavy atom. The van der Waals surface area contributed by atoms with Crippen molar-refractivity contribution >= 4 is 5.91 Å². The van der Waals surface area contributed by atoms with Crippen LogP contribution in [0, 0.1) is 5.41 Å². The van der Waals surface area contributed by atoms with Crippen LogP contribution >= 0.6 is 0 Å². The van der Waals surface area contributed by atoms with E-state index < -0.39 is 0 Å². The topological polar surface area (TPSA) is 54.3 Å². The molecule has 6 heteroatoms. The summed E-state index contributed by atoms with van der Waals surface area (Å²) < 4.78 is 1.85. The zero-order chi connectivity index (χ0) is 22.6. The Labute approximate surface area is 195 Å². The number of likely N-dealkylation sites (tertiary alicyclic amines) is 2. The van der Waals surface area contributed by atoms with E-state index in [2.05, 4.69) is 64.3 Å². The molecule has 6 rings (SSSR count). The molecular weight excluding hydrogens is 410 g/mol. The maximum Gasteiger partial charge on any atom is 0.254 e. The first-order valence-corrected chi connectivity index (χ1v) is 12.1. The van der Waals surface area contributed by atoms with Crippen molar-refractivity contribution in [2.24, 2.45) is 5.41 Å². The molecule has 3 aliphatic rings. The summed E-state index contributed by atoms with van der Waals surface area (Å²) in [6.07, 6.45) is 8.94. The minimum absolute atomic E-state index is 0.159. The minimum atomic E-state index is 0.159. The highest BCUT2D eigenvalue weighted by Crippen LogP contribution is 2.56. The van der Waals surface area contributed by atoms with E-state index in [9.17, 15) is 4.79 Å². The Hall–Kier alpha value is -2.99. The Bertz CT molecular complexity index is 1150. The second-order valence-electron chi connectivity index (χ2n) is 10.3.